The Morgan fingerprint density at radius 2 is 1.72 bits per heavy atom. The number of hydrogen-bond donors (Lipinski definition) is 2. The number of amides is 1. The number of carbonyl (C=O) groups is 1. The largest absolute Gasteiger partial charge is 0.416 e. The minimum atomic E-state index is -4.37. The lowest BCUT2D eigenvalue weighted by Gasteiger charge is -2.11. The predicted molar refractivity (Wildman–Crippen MR) is 117 cm³/mol. The molecule has 0 aliphatic rings. The van der Waals surface area contributed by atoms with Crippen LogP contribution in [0.25, 0.3) is 22.0 Å². The average Bonchev–Trinajstić information content (AvgIpc) is 3.19. The molecule has 3 aromatic carbocycles. The maximum Gasteiger partial charge on any atom is 0.416 e. The van der Waals surface area contributed by atoms with Crippen molar-refractivity contribution in [2.45, 2.75) is 12.7 Å². The molecule has 4 nitrogen and oxygen atoms in total. The van der Waals surface area contributed by atoms with Gasteiger partial charge in [0.05, 0.1) is 12.2 Å². The molecule has 1 amide bonds. The van der Waals surface area contributed by atoms with Crippen LogP contribution in [-0.2, 0) is 12.7 Å². The first-order valence-electron chi connectivity index (χ1n) is 10.1. The van der Waals surface area contributed by atoms with Gasteiger partial charge in [0.1, 0.15) is 0 Å². The second kappa shape index (κ2) is 8.88. The van der Waals surface area contributed by atoms with Gasteiger partial charge in [0.15, 0.2) is 0 Å². The monoisotopic (exact) mass is 438 g/mol. The molecule has 0 bridgehead atoms. The fourth-order valence-electron chi connectivity index (χ4n) is 3.67. The molecule has 4 rings (SSSR count). The summed E-state index contributed by atoms with van der Waals surface area (Å²) < 4.78 is 40.9. The van der Waals surface area contributed by atoms with Crippen molar-refractivity contribution < 1.29 is 23.1 Å². The molecule has 0 unspecified atom stereocenters. The second-order valence-electron chi connectivity index (χ2n) is 7.48. The van der Waals surface area contributed by atoms with Crippen molar-refractivity contribution >= 4 is 16.8 Å². The average molecular weight is 438 g/mol. The van der Waals surface area contributed by atoms with E-state index in [-0.39, 0.29) is 19.1 Å². The molecule has 0 aliphatic carbocycles. The minimum absolute atomic E-state index is 0.125. The van der Waals surface area contributed by atoms with Gasteiger partial charge in [-0.3, -0.25) is 4.79 Å². The number of hydrogen-bond acceptors (Lipinski definition) is 2. The molecule has 2 N–H and O–H groups in total. The van der Waals surface area contributed by atoms with Gasteiger partial charge in [-0.15, -0.1) is 0 Å². The Labute approximate surface area is 182 Å². The predicted octanol–water partition coefficient (Wildman–Crippen LogP) is 5.10. The van der Waals surface area contributed by atoms with Gasteiger partial charge in [0.25, 0.3) is 5.91 Å². The molecule has 164 valence electrons. The van der Waals surface area contributed by atoms with E-state index in [4.69, 9.17) is 5.11 Å². The molecule has 0 fully saturated rings. The van der Waals surface area contributed by atoms with E-state index in [1.54, 1.807) is 24.3 Å². The molecule has 4 aromatic rings. The first-order valence-corrected chi connectivity index (χ1v) is 10.1. The van der Waals surface area contributed by atoms with Gasteiger partial charge in [0, 0.05) is 35.8 Å². The minimum Gasteiger partial charge on any atom is -0.395 e. The number of benzene rings is 3. The van der Waals surface area contributed by atoms with Gasteiger partial charge in [-0.2, -0.15) is 13.2 Å². The third kappa shape index (κ3) is 4.68. The number of nitrogens with zero attached hydrogens (tertiary/aromatic N) is 1. The third-order valence-electron chi connectivity index (χ3n) is 5.23. The van der Waals surface area contributed by atoms with Crippen LogP contribution in [0.15, 0.2) is 79.0 Å². The maximum atomic E-state index is 13.0. The van der Waals surface area contributed by atoms with Crippen molar-refractivity contribution in [2.24, 2.45) is 0 Å². The van der Waals surface area contributed by atoms with E-state index in [9.17, 15) is 18.0 Å². The second-order valence-corrected chi connectivity index (χ2v) is 7.48. The van der Waals surface area contributed by atoms with E-state index in [2.05, 4.69) is 5.32 Å². The summed E-state index contributed by atoms with van der Waals surface area (Å²) >= 11 is 0. The highest BCUT2D eigenvalue weighted by Gasteiger charge is 2.30. The molecule has 1 heterocycles. The van der Waals surface area contributed by atoms with Crippen molar-refractivity contribution in [3.8, 4) is 11.1 Å². The molecular formula is C25H21F3N2O2. The Morgan fingerprint density at radius 1 is 0.938 bits per heavy atom. The van der Waals surface area contributed by atoms with Gasteiger partial charge >= 0.3 is 6.18 Å². The summed E-state index contributed by atoms with van der Waals surface area (Å²) in [6, 6.07) is 20.3. The van der Waals surface area contributed by atoms with Crippen molar-refractivity contribution in [1.82, 2.24) is 9.88 Å². The summed E-state index contributed by atoms with van der Waals surface area (Å²) in [4.78, 5) is 12.2. The van der Waals surface area contributed by atoms with E-state index < -0.39 is 11.7 Å². The van der Waals surface area contributed by atoms with Crippen LogP contribution in [0.3, 0.4) is 0 Å². The van der Waals surface area contributed by atoms with Crippen LogP contribution < -0.4 is 5.32 Å². The number of nitrogens with one attached hydrogen (secondary N) is 1. The number of halogens is 3. The lowest BCUT2D eigenvalue weighted by molar-refractivity contribution is -0.137. The Kier molecular flexibility index (Phi) is 6.01. The molecule has 7 heteroatoms. The number of aliphatic hydroxyl groups excluding tert-OH is 1. The van der Waals surface area contributed by atoms with E-state index in [1.807, 2.05) is 41.1 Å². The molecule has 0 radical (unpaired) electrons. The lowest BCUT2D eigenvalue weighted by Crippen LogP contribution is -2.26. The summed E-state index contributed by atoms with van der Waals surface area (Å²) in [7, 11) is 0. The number of carbonyl (C=O) groups excluding carboxylic acids is 1. The van der Waals surface area contributed by atoms with E-state index >= 15 is 0 Å². The first kappa shape index (κ1) is 21.6. The Hall–Kier alpha value is -3.58. The zero-order valence-corrected chi connectivity index (χ0v) is 17.1. The van der Waals surface area contributed by atoms with Crippen LogP contribution in [0.1, 0.15) is 21.5 Å². The van der Waals surface area contributed by atoms with Crippen LogP contribution in [0, 0.1) is 0 Å². The van der Waals surface area contributed by atoms with E-state index in [0.29, 0.717) is 17.7 Å². The standard InChI is InChI=1S/C25H21F3N2O2/c26-25(27,28)22-6-1-3-17(13-22)16-30-11-9-20-14-19(7-8-23(20)30)18-4-2-5-21(15-18)24(32)29-10-12-31/h1-9,11,13-15,31H,10,12,16H2,(H,29,32). The molecule has 1 aromatic heterocycles. The first-order chi connectivity index (χ1) is 15.3. The molecular weight excluding hydrogens is 417 g/mol. The third-order valence-corrected chi connectivity index (χ3v) is 5.23. The van der Waals surface area contributed by atoms with Crippen LogP contribution in [0.2, 0.25) is 0 Å². The lowest BCUT2D eigenvalue weighted by atomic mass is 10.0. The fraction of sp³-hybridized carbons (Fsp3) is 0.160. The number of rotatable bonds is 6. The number of fused-ring (bicyclic) bond motifs is 1. The zero-order valence-electron chi connectivity index (χ0n) is 17.1. The quantitative estimate of drug-likeness (QED) is 0.440. The Balaban J connectivity index is 1.60. The normalized spacial score (nSPS) is 11.6. The molecule has 0 saturated carbocycles. The molecule has 0 spiro atoms. The SMILES string of the molecule is O=C(NCCO)c1cccc(-c2ccc3c(ccn3Cc3cccc(C(F)(F)F)c3)c2)c1. The topological polar surface area (TPSA) is 54.3 Å². The molecule has 32 heavy (non-hydrogen) atoms. The van der Waals surface area contributed by atoms with Gasteiger partial charge in [0.2, 0.25) is 0 Å². The van der Waals surface area contributed by atoms with Gasteiger partial charge in [-0.05, 0) is 59.2 Å². The van der Waals surface area contributed by atoms with Crippen molar-refractivity contribution in [2.75, 3.05) is 13.2 Å². The highest BCUT2D eigenvalue weighted by Crippen LogP contribution is 2.30. The van der Waals surface area contributed by atoms with Crippen LogP contribution in [-0.4, -0.2) is 28.7 Å². The number of aromatic nitrogens is 1. The van der Waals surface area contributed by atoms with E-state index in [0.717, 1.165) is 28.1 Å². The van der Waals surface area contributed by atoms with Crippen molar-refractivity contribution in [1.29, 1.82) is 0 Å². The number of alkyl halides is 3. The highest BCUT2D eigenvalue weighted by molar-refractivity contribution is 5.96. The Morgan fingerprint density at radius 3 is 2.50 bits per heavy atom. The molecule has 0 aliphatic heterocycles. The van der Waals surface area contributed by atoms with Crippen LogP contribution in [0.5, 0.6) is 0 Å². The molecule has 0 atom stereocenters. The van der Waals surface area contributed by atoms with Crippen LogP contribution in [0.4, 0.5) is 13.2 Å². The summed E-state index contributed by atoms with van der Waals surface area (Å²) in [6.45, 7) is 0.390. The molecule has 0 saturated heterocycles. The summed E-state index contributed by atoms with van der Waals surface area (Å²) in [5, 5.41) is 12.5. The summed E-state index contributed by atoms with van der Waals surface area (Å²) in [6.07, 6.45) is -2.51. The highest BCUT2D eigenvalue weighted by atomic mass is 19.4. The van der Waals surface area contributed by atoms with Gasteiger partial charge in [-0.1, -0.05) is 30.3 Å². The van der Waals surface area contributed by atoms with Crippen molar-refractivity contribution in [3.05, 3.63) is 95.7 Å². The Bertz CT molecular complexity index is 1260. The zero-order chi connectivity index (χ0) is 22.7. The number of aliphatic hydroxyl groups is 1. The van der Waals surface area contributed by atoms with Gasteiger partial charge < -0.3 is 15.0 Å². The van der Waals surface area contributed by atoms with E-state index in [1.165, 1.54) is 12.1 Å². The summed E-state index contributed by atoms with van der Waals surface area (Å²) in [5.41, 5.74) is 3.11. The van der Waals surface area contributed by atoms with Crippen LogP contribution >= 0.6 is 0 Å². The maximum absolute atomic E-state index is 13.0. The smallest absolute Gasteiger partial charge is 0.395 e. The van der Waals surface area contributed by atoms with Crippen molar-refractivity contribution in [3.63, 3.8) is 0 Å². The van der Waals surface area contributed by atoms with Gasteiger partial charge in [-0.25, -0.2) is 0 Å². The summed E-state index contributed by atoms with van der Waals surface area (Å²) in [5.74, 6) is -0.255. The fourth-order valence-corrected chi connectivity index (χ4v) is 3.67.